The lowest BCUT2D eigenvalue weighted by Crippen LogP contribution is -2.51. The number of nitrogens with zero attached hydrogens (tertiary/aromatic N) is 1. The Bertz CT molecular complexity index is 2420. The number of fused-ring (bicyclic) bond motifs is 5. The van der Waals surface area contributed by atoms with E-state index in [1.165, 1.54) is 56.9 Å². The number of carbonyl (C=O) groups excluding carboxylic acids is 4. The number of methoxy groups -OCH3 is 2. The Morgan fingerprint density at radius 2 is 1.43 bits per heavy atom. The van der Waals surface area contributed by atoms with Crippen LogP contribution in [0, 0.1) is 52.3 Å². The van der Waals surface area contributed by atoms with Crippen molar-refractivity contribution in [3.63, 3.8) is 0 Å². The number of benzene rings is 3. The van der Waals surface area contributed by atoms with E-state index in [4.69, 9.17) is 28.9 Å². The summed E-state index contributed by atoms with van der Waals surface area (Å²) in [5, 5.41) is 12.0. The van der Waals surface area contributed by atoms with Gasteiger partial charge in [-0.1, -0.05) is 127 Å². The van der Waals surface area contributed by atoms with E-state index >= 15 is 0 Å². The van der Waals surface area contributed by atoms with Crippen molar-refractivity contribution in [3.8, 4) is 11.5 Å². The van der Waals surface area contributed by atoms with Gasteiger partial charge in [0.15, 0.2) is 0 Å². The molecule has 13 nitrogen and oxygen atoms in total. The van der Waals surface area contributed by atoms with Crippen LogP contribution < -0.4 is 20.3 Å². The number of rotatable bonds is 24. The summed E-state index contributed by atoms with van der Waals surface area (Å²) in [6, 6.07) is 25.3. The van der Waals surface area contributed by atoms with Gasteiger partial charge in [0.25, 0.3) is 0 Å². The van der Waals surface area contributed by atoms with E-state index in [1.807, 2.05) is 78.9 Å². The monoisotopic (exact) mass is 1060 g/mol. The van der Waals surface area contributed by atoms with Crippen LogP contribution in [-0.4, -0.2) is 86.7 Å². The molecule has 3 N–H and O–H groups in total. The normalized spacial score (nSPS) is 27.1. The molecule has 4 fully saturated rings. The molecule has 13 heteroatoms. The van der Waals surface area contributed by atoms with Gasteiger partial charge in [-0.25, -0.2) is 10.3 Å². The number of hydrogen-bond donors (Lipinski definition) is 3. The lowest BCUT2D eigenvalue weighted by molar-refractivity contribution is -0.153. The first kappa shape index (κ1) is 57.8. The molecule has 0 aromatic heterocycles. The summed E-state index contributed by atoms with van der Waals surface area (Å²) in [6.45, 7) is 13.5. The molecule has 4 aliphatic carbocycles. The highest BCUT2D eigenvalue weighted by Gasteiger charge is 2.59. The maximum atomic E-state index is 13.9. The molecule has 8 rings (SSSR count). The zero-order valence-electron chi connectivity index (χ0n) is 47.2. The van der Waals surface area contributed by atoms with E-state index in [0.29, 0.717) is 36.3 Å². The first-order valence-corrected chi connectivity index (χ1v) is 29.1. The van der Waals surface area contributed by atoms with E-state index in [0.717, 1.165) is 77.9 Å². The van der Waals surface area contributed by atoms with Crippen molar-refractivity contribution in [1.29, 1.82) is 0 Å². The van der Waals surface area contributed by atoms with Crippen molar-refractivity contribution in [2.24, 2.45) is 52.3 Å². The molecule has 77 heavy (non-hydrogen) atoms. The fourth-order valence-electron chi connectivity index (χ4n) is 15.0. The van der Waals surface area contributed by atoms with Crippen LogP contribution in [0.4, 0.5) is 4.79 Å². The molecular weight excluding hydrogens is 971 g/mol. The topological polar surface area (TPSA) is 162 Å². The number of hydrogen-bond acceptors (Lipinski definition) is 10. The van der Waals surface area contributed by atoms with E-state index in [9.17, 15) is 19.2 Å². The molecule has 0 bridgehead atoms. The Labute approximate surface area is 458 Å². The van der Waals surface area contributed by atoms with Gasteiger partial charge in [0.05, 0.1) is 33.8 Å². The van der Waals surface area contributed by atoms with E-state index < -0.39 is 29.5 Å². The minimum Gasteiger partial charge on any atom is -0.497 e. The third-order valence-corrected chi connectivity index (χ3v) is 19.3. The SMILES string of the molecule is COc1ccc(C(OCC2CN(C(=O)CCCCCNC(=O)OC3CC[C@@]4(C)C(=CCC5C4CC[C@@]4(C)C5CC[C@@H]4C(C)CCCC(C)C)C3)CC2OC(=O)CCC(=O)NO)(c2ccccc2)c2ccc(OC)cc2)cc1. The number of likely N-dealkylation sites (tertiary alicyclic amines) is 1. The second-order valence-electron chi connectivity index (χ2n) is 24.2. The molecule has 10 atom stereocenters. The molecular formula is C64H89N3O10. The lowest BCUT2D eigenvalue weighted by atomic mass is 9.47. The van der Waals surface area contributed by atoms with Gasteiger partial charge >= 0.3 is 12.1 Å². The van der Waals surface area contributed by atoms with E-state index in [2.05, 4.69) is 46.0 Å². The van der Waals surface area contributed by atoms with Crippen LogP contribution in [0.1, 0.15) is 160 Å². The molecule has 420 valence electrons. The highest BCUT2D eigenvalue weighted by Crippen LogP contribution is 2.67. The molecule has 0 spiro atoms. The summed E-state index contributed by atoms with van der Waals surface area (Å²) in [7, 11) is 3.24. The van der Waals surface area contributed by atoms with Gasteiger partial charge in [0, 0.05) is 38.3 Å². The fraction of sp³-hybridized carbons (Fsp3) is 0.625. The number of carbonyl (C=O) groups is 4. The second-order valence-corrected chi connectivity index (χ2v) is 24.2. The number of amides is 3. The predicted molar refractivity (Wildman–Crippen MR) is 297 cm³/mol. The number of ether oxygens (including phenoxy) is 5. The van der Waals surface area contributed by atoms with Crippen LogP contribution in [0.25, 0.3) is 0 Å². The van der Waals surface area contributed by atoms with Crippen LogP contribution in [0.15, 0.2) is 90.5 Å². The summed E-state index contributed by atoms with van der Waals surface area (Å²) >= 11 is 0. The number of esters is 1. The van der Waals surface area contributed by atoms with Crippen molar-refractivity contribution in [1.82, 2.24) is 15.7 Å². The number of allylic oxidation sites excluding steroid dienone is 1. The first-order chi connectivity index (χ1) is 37.1. The number of unbranched alkanes of at least 4 members (excludes halogenated alkanes) is 2. The van der Waals surface area contributed by atoms with Gasteiger partial charge < -0.3 is 33.9 Å². The van der Waals surface area contributed by atoms with Gasteiger partial charge in [0.2, 0.25) is 11.8 Å². The smallest absolute Gasteiger partial charge is 0.407 e. The van der Waals surface area contributed by atoms with Crippen molar-refractivity contribution in [2.45, 2.75) is 162 Å². The molecule has 1 heterocycles. The molecule has 5 aliphatic rings. The maximum absolute atomic E-state index is 13.9. The summed E-state index contributed by atoms with van der Waals surface area (Å²) in [5.41, 5.74) is 5.14. The van der Waals surface area contributed by atoms with Crippen LogP contribution in [-0.2, 0) is 34.2 Å². The minimum absolute atomic E-state index is 0.0651. The summed E-state index contributed by atoms with van der Waals surface area (Å²) in [5.74, 6) is 4.33. The summed E-state index contributed by atoms with van der Waals surface area (Å²) < 4.78 is 30.3. The highest BCUT2D eigenvalue weighted by atomic mass is 16.6. The Morgan fingerprint density at radius 3 is 2.09 bits per heavy atom. The summed E-state index contributed by atoms with van der Waals surface area (Å²) in [6.07, 6.45) is 16.7. The molecule has 1 aliphatic heterocycles. The summed E-state index contributed by atoms with van der Waals surface area (Å²) in [4.78, 5) is 53.8. The number of nitrogens with one attached hydrogen (secondary N) is 2. The third kappa shape index (κ3) is 13.2. The van der Waals surface area contributed by atoms with E-state index in [1.54, 1.807) is 24.6 Å². The van der Waals surface area contributed by atoms with Crippen molar-refractivity contribution < 1.29 is 48.1 Å². The van der Waals surface area contributed by atoms with Crippen LogP contribution >= 0.6 is 0 Å². The van der Waals surface area contributed by atoms with Gasteiger partial charge in [0.1, 0.15) is 29.3 Å². The quantitative estimate of drug-likeness (QED) is 0.0197. The second kappa shape index (κ2) is 26.0. The van der Waals surface area contributed by atoms with Crippen LogP contribution in [0.2, 0.25) is 0 Å². The Morgan fingerprint density at radius 1 is 0.740 bits per heavy atom. The fourth-order valence-corrected chi connectivity index (χ4v) is 15.0. The Hall–Kier alpha value is -5.40. The van der Waals surface area contributed by atoms with Crippen molar-refractivity contribution >= 4 is 23.9 Å². The number of alkyl carbamates (subject to hydrolysis) is 1. The predicted octanol–water partition coefficient (Wildman–Crippen LogP) is 12.4. The lowest BCUT2D eigenvalue weighted by Gasteiger charge is -2.58. The Kier molecular flexibility index (Phi) is 19.5. The number of hydroxylamine groups is 1. The molecule has 7 unspecified atom stereocenters. The first-order valence-electron chi connectivity index (χ1n) is 29.1. The standard InChI is InChI=1S/C64H89N3O10/c1-43(2)15-14-16-44(3)54-30-31-55-53-29-24-49-39-52(34-36-62(49,4)56(53)35-37-63(54,55)5)76-61(71)65-38-13-9-12-19-59(69)67-40-45(57(41-67)77-60(70)33-32-58(68)66-72)42-75-64(46-17-10-8-11-18-46,47-20-25-50(73-6)26-21-47)48-22-27-51(74-7)28-23-48/h8,10-11,17-18,20-28,43-45,52-57,72H,9,12-16,19,29-42H2,1-7H3,(H,65,71)(H,66,68)/t44?,45?,52?,53?,54-,55?,56?,57?,62+,63-/m1/s1. The molecule has 0 radical (unpaired) electrons. The van der Waals surface area contributed by atoms with Crippen molar-refractivity contribution in [3.05, 3.63) is 107 Å². The largest absolute Gasteiger partial charge is 0.497 e. The van der Waals surface area contributed by atoms with Crippen molar-refractivity contribution in [2.75, 3.05) is 40.5 Å². The van der Waals surface area contributed by atoms with Crippen LogP contribution in [0.3, 0.4) is 0 Å². The van der Waals surface area contributed by atoms with Gasteiger partial charge in [-0.3, -0.25) is 19.6 Å². The zero-order valence-corrected chi connectivity index (χ0v) is 47.2. The molecule has 3 saturated carbocycles. The van der Waals surface area contributed by atoms with Gasteiger partial charge in [-0.2, -0.15) is 0 Å². The average molecular weight is 1060 g/mol. The molecule has 3 aromatic rings. The highest BCUT2D eigenvalue weighted by molar-refractivity contribution is 5.80. The average Bonchev–Trinajstić information content (AvgIpc) is 4.21. The molecule has 1 saturated heterocycles. The Balaban J connectivity index is 0.831. The van der Waals surface area contributed by atoms with Gasteiger partial charge in [-0.15, -0.1) is 0 Å². The zero-order chi connectivity index (χ0) is 54.7. The third-order valence-electron chi connectivity index (χ3n) is 19.3. The maximum Gasteiger partial charge on any atom is 0.407 e. The molecule has 3 aromatic carbocycles. The van der Waals surface area contributed by atoms with Crippen LogP contribution in [0.5, 0.6) is 11.5 Å². The van der Waals surface area contributed by atoms with E-state index in [-0.39, 0.29) is 62.5 Å². The van der Waals surface area contributed by atoms with Gasteiger partial charge in [-0.05, 0) is 145 Å². The molecule has 3 amide bonds. The minimum atomic E-state index is -1.14.